The molecular weight excluding hydrogens is 287 g/mol. The monoisotopic (exact) mass is 302 g/mol. The van der Waals surface area contributed by atoms with Crippen LogP contribution in [0.15, 0.2) is 24.3 Å². The van der Waals surface area contributed by atoms with Gasteiger partial charge < -0.3 is 9.26 Å². The molecule has 1 aromatic carbocycles. The highest BCUT2D eigenvalue weighted by Gasteiger charge is 2.33. The summed E-state index contributed by atoms with van der Waals surface area (Å²) in [4.78, 5) is 21.4. The smallest absolute Gasteiger partial charge is 0.320 e. The molecule has 0 bridgehead atoms. The van der Waals surface area contributed by atoms with E-state index in [-0.39, 0.29) is 24.1 Å². The Morgan fingerprint density at radius 1 is 1.45 bits per heavy atom. The molecule has 0 amide bonds. The van der Waals surface area contributed by atoms with Gasteiger partial charge in [-0.15, -0.1) is 0 Å². The second-order valence-corrected chi connectivity index (χ2v) is 5.79. The molecule has 0 aliphatic rings. The van der Waals surface area contributed by atoms with Crippen LogP contribution in [0.25, 0.3) is 0 Å². The van der Waals surface area contributed by atoms with Crippen LogP contribution in [0.3, 0.4) is 0 Å². The Balaban J connectivity index is 3.15. The number of para-hydroxylation sites is 1. The van der Waals surface area contributed by atoms with E-state index in [0.29, 0.717) is 0 Å². The number of nitrogens with zero attached hydrogens (tertiary/aromatic N) is 1. The molecule has 0 aromatic heterocycles. The minimum atomic E-state index is -3.72. The average Bonchev–Trinajstić information content (AvgIpc) is 2.45. The summed E-state index contributed by atoms with van der Waals surface area (Å²) in [6.45, 7) is 1.29. The van der Waals surface area contributed by atoms with E-state index in [9.17, 15) is 19.5 Å². The van der Waals surface area contributed by atoms with Gasteiger partial charge in [-0.25, -0.2) is 5.09 Å². The van der Waals surface area contributed by atoms with E-state index in [2.05, 4.69) is 9.82 Å². The second-order valence-electron chi connectivity index (χ2n) is 3.63. The number of nitrogens with one attached hydrogen (secondary N) is 1. The highest BCUT2D eigenvalue weighted by Crippen LogP contribution is 2.43. The van der Waals surface area contributed by atoms with Crippen molar-refractivity contribution >= 4 is 24.5 Å². The van der Waals surface area contributed by atoms with Gasteiger partial charge >= 0.3 is 13.5 Å². The van der Waals surface area contributed by atoms with E-state index in [4.69, 9.17) is 4.52 Å². The third kappa shape index (κ3) is 3.86. The Hall–Kier alpha value is -1.76. The number of ether oxygens (including phenoxy) is 1. The van der Waals surface area contributed by atoms with Crippen molar-refractivity contribution in [2.75, 3.05) is 20.3 Å². The van der Waals surface area contributed by atoms with Crippen molar-refractivity contribution in [2.24, 2.45) is 0 Å². The van der Waals surface area contributed by atoms with E-state index in [1.54, 1.807) is 6.92 Å². The molecule has 0 radical (unpaired) electrons. The van der Waals surface area contributed by atoms with Gasteiger partial charge in [0.1, 0.15) is 11.8 Å². The summed E-state index contributed by atoms with van der Waals surface area (Å²) in [6, 6.07) is 5.52. The number of benzene rings is 1. The van der Waals surface area contributed by atoms with Crippen LogP contribution in [-0.4, -0.2) is 31.2 Å². The Bertz CT molecular complexity index is 547. The van der Waals surface area contributed by atoms with Crippen LogP contribution in [0.4, 0.5) is 5.69 Å². The summed E-state index contributed by atoms with van der Waals surface area (Å²) in [5.41, 5.74) is -0.332. The van der Waals surface area contributed by atoms with E-state index >= 15 is 0 Å². The normalized spacial score (nSPS) is 13.5. The number of nitro groups is 1. The summed E-state index contributed by atoms with van der Waals surface area (Å²) < 4.78 is 22.3. The van der Waals surface area contributed by atoms with Gasteiger partial charge in [-0.05, 0) is 13.0 Å². The highest BCUT2D eigenvalue weighted by atomic mass is 31.2. The number of esters is 1. The quantitative estimate of drug-likeness (QED) is 0.349. The fraction of sp³-hybridized carbons (Fsp3) is 0.364. The molecular formula is C11H15N2O6P. The maximum absolute atomic E-state index is 12.7. The first-order chi connectivity index (χ1) is 9.44. The maximum atomic E-state index is 12.7. The molecule has 0 heterocycles. The summed E-state index contributed by atoms with van der Waals surface area (Å²) in [6.07, 6.45) is 0. The van der Waals surface area contributed by atoms with Crippen molar-refractivity contribution in [3.63, 3.8) is 0 Å². The molecule has 1 unspecified atom stereocenters. The molecule has 1 aromatic rings. The molecule has 0 aliphatic heterocycles. The first-order valence-electron chi connectivity index (χ1n) is 5.75. The molecule has 0 saturated carbocycles. The van der Waals surface area contributed by atoms with E-state index in [1.807, 2.05) is 0 Å². The molecule has 0 aliphatic carbocycles. The van der Waals surface area contributed by atoms with Gasteiger partial charge in [-0.1, -0.05) is 12.1 Å². The van der Waals surface area contributed by atoms with Gasteiger partial charge in [-0.3, -0.25) is 19.5 Å². The van der Waals surface area contributed by atoms with Gasteiger partial charge in [0, 0.05) is 6.07 Å². The third-order valence-electron chi connectivity index (χ3n) is 2.37. The van der Waals surface area contributed by atoms with Crippen LogP contribution in [0.1, 0.15) is 6.92 Å². The largest absolute Gasteiger partial charge is 0.468 e. The van der Waals surface area contributed by atoms with Crippen LogP contribution in [0.2, 0.25) is 0 Å². The zero-order valence-corrected chi connectivity index (χ0v) is 12.0. The summed E-state index contributed by atoms with van der Waals surface area (Å²) in [5, 5.41) is 13.3. The molecule has 1 N–H and O–H groups in total. The minimum Gasteiger partial charge on any atom is -0.468 e. The average molecular weight is 302 g/mol. The second kappa shape index (κ2) is 7.14. The number of carbonyl (C=O) groups is 1. The minimum absolute atomic E-state index is 0.0670. The van der Waals surface area contributed by atoms with Gasteiger partial charge in [0.25, 0.3) is 5.69 Å². The Kier molecular flexibility index (Phi) is 5.82. The fourth-order valence-electron chi connectivity index (χ4n) is 1.49. The van der Waals surface area contributed by atoms with Crippen LogP contribution in [-0.2, 0) is 18.6 Å². The number of rotatable bonds is 7. The molecule has 110 valence electrons. The number of methoxy groups -OCH3 is 1. The zero-order chi connectivity index (χ0) is 15.2. The van der Waals surface area contributed by atoms with Crippen molar-refractivity contribution in [3.05, 3.63) is 34.4 Å². The predicted molar refractivity (Wildman–Crippen MR) is 72.0 cm³/mol. The van der Waals surface area contributed by atoms with Crippen molar-refractivity contribution in [1.29, 1.82) is 0 Å². The first-order valence-corrected chi connectivity index (χ1v) is 7.37. The lowest BCUT2D eigenvalue weighted by atomic mass is 10.3. The van der Waals surface area contributed by atoms with Gasteiger partial charge in [-0.2, -0.15) is 0 Å². The number of hydrogen-bond donors (Lipinski definition) is 1. The fourth-order valence-corrected chi connectivity index (χ4v) is 3.33. The van der Waals surface area contributed by atoms with Crippen molar-refractivity contribution < 1.29 is 23.5 Å². The molecule has 1 atom stereocenters. The Labute approximate surface area is 115 Å². The molecule has 20 heavy (non-hydrogen) atoms. The molecule has 9 heteroatoms. The number of nitro benzene ring substituents is 1. The van der Waals surface area contributed by atoms with Gasteiger partial charge in [0.2, 0.25) is 0 Å². The standard InChI is InChI=1S/C11H15N2O6P/c1-3-19-20(17,12-8-11(14)18-2)10-7-5-4-6-9(10)13(15)16/h4-7H,3,8H2,1-2H3,(H,12,17). The molecule has 0 spiro atoms. The summed E-state index contributed by atoms with van der Waals surface area (Å²) >= 11 is 0. The number of hydrogen-bond acceptors (Lipinski definition) is 6. The van der Waals surface area contributed by atoms with Crippen LogP contribution in [0.5, 0.6) is 0 Å². The maximum Gasteiger partial charge on any atom is 0.320 e. The van der Waals surface area contributed by atoms with Crippen LogP contribution < -0.4 is 10.4 Å². The first kappa shape index (κ1) is 16.3. The third-order valence-corrected chi connectivity index (χ3v) is 4.57. The predicted octanol–water partition coefficient (Wildman–Crippen LogP) is 1.21. The molecule has 8 nitrogen and oxygen atoms in total. The van der Waals surface area contributed by atoms with E-state index in [1.165, 1.54) is 31.4 Å². The van der Waals surface area contributed by atoms with Gasteiger partial charge in [0.05, 0.1) is 18.6 Å². The van der Waals surface area contributed by atoms with Crippen molar-refractivity contribution in [1.82, 2.24) is 5.09 Å². The summed E-state index contributed by atoms with van der Waals surface area (Å²) in [5.74, 6) is -0.650. The van der Waals surface area contributed by atoms with Crippen molar-refractivity contribution in [3.8, 4) is 0 Å². The lowest BCUT2D eigenvalue weighted by Crippen LogP contribution is -2.28. The highest BCUT2D eigenvalue weighted by molar-refractivity contribution is 7.65. The molecule has 1 rings (SSSR count). The van der Waals surface area contributed by atoms with Crippen LogP contribution >= 0.6 is 7.52 Å². The van der Waals surface area contributed by atoms with Crippen LogP contribution in [0, 0.1) is 10.1 Å². The lowest BCUT2D eigenvalue weighted by Gasteiger charge is -2.18. The van der Waals surface area contributed by atoms with E-state index < -0.39 is 18.4 Å². The molecule has 0 saturated heterocycles. The Morgan fingerprint density at radius 3 is 2.65 bits per heavy atom. The SMILES string of the molecule is CCOP(=O)(NCC(=O)OC)c1ccccc1[N+](=O)[O-]. The van der Waals surface area contributed by atoms with Crippen molar-refractivity contribution in [2.45, 2.75) is 6.92 Å². The molecule has 0 fully saturated rings. The van der Waals surface area contributed by atoms with E-state index in [0.717, 1.165) is 0 Å². The van der Waals surface area contributed by atoms with Gasteiger partial charge in [0.15, 0.2) is 0 Å². The number of carbonyl (C=O) groups excluding carboxylic acids is 1. The topological polar surface area (TPSA) is 108 Å². The zero-order valence-electron chi connectivity index (χ0n) is 11.1. The lowest BCUT2D eigenvalue weighted by molar-refractivity contribution is -0.383. The Morgan fingerprint density at radius 2 is 2.10 bits per heavy atom. The summed E-state index contributed by atoms with van der Waals surface area (Å²) in [7, 11) is -2.54.